The number of aromatic nitrogens is 2. The van der Waals surface area contributed by atoms with Gasteiger partial charge in [0, 0.05) is 18.8 Å². The molecule has 1 aliphatic carbocycles. The Balaban J connectivity index is 1.94. The fraction of sp³-hybridized carbons (Fsp3) is 0.500. The summed E-state index contributed by atoms with van der Waals surface area (Å²) in [4.78, 5) is 8.62. The fourth-order valence-corrected chi connectivity index (χ4v) is 1.96. The Morgan fingerprint density at radius 3 is 3.00 bits per heavy atom. The molecule has 0 aliphatic heterocycles. The van der Waals surface area contributed by atoms with Gasteiger partial charge in [-0.3, -0.25) is 0 Å². The molecule has 1 saturated carbocycles. The van der Waals surface area contributed by atoms with Gasteiger partial charge in [0.2, 0.25) is 5.95 Å². The highest BCUT2D eigenvalue weighted by Crippen LogP contribution is 2.20. The van der Waals surface area contributed by atoms with Gasteiger partial charge in [-0.05, 0) is 18.9 Å². The van der Waals surface area contributed by atoms with E-state index in [1.54, 1.807) is 6.20 Å². The van der Waals surface area contributed by atoms with Gasteiger partial charge in [-0.15, -0.1) is 6.58 Å². The SMILES string of the molecule is C=CCNc1ccnc(NC2CCCC2)n1. The lowest BCUT2D eigenvalue weighted by Gasteiger charge is -2.12. The largest absolute Gasteiger partial charge is 0.366 e. The second-order valence-electron chi connectivity index (χ2n) is 4.06. The highest BCUT2D eigenvalue weighted by atomic mass is 15.1. The van der Waals surface area contributed by atoms with Gasteiger partial charge >= 0.3 is 0 Å². The van der Waals surface area contributed by atoms with E-state index < -0.39 is 0 Å². The van der Waals surface area contributed by atoms with Gasteiger partial charge in [-0.2, -0.15) is 4.98 Å². The van der Waals surface area contributed by atoms with Crippen LogP contribution >= 0.6 is 0 Å². The second-order valence-corrected chi connectivity index (χ2v) is 4.06. The second kappa shape index (κ2) is 5.49. The summed E-state index contributed by atoms with van der Waals surface area (Å²) in [5.74, 6) is 1.57. The molecule has 0 amide bonds. The fourth-order valence-electron chi connectivity index (χ4n) is 1.96. The summed E-state index contributed by atoms with van der Waals surface area (Å²) in [6, 6.07) is 2.42. The molecule has 16 heavy (non-hydrogen) atoms. The maximum absolute atomic E-state index is 4.39. The van der Waals surface area contributed by atoms with Crippen molar-refractivity contribution in [2.75, 3.05) is 17.2 Å². The van der Waals surface area contributed by atoms with E-state index in [0.29, 0.717) is 6.04 Å². The summed E-state index contributed by atoms with van der Waals surface area (Å²) in [7, 11) is 0. The van der Waals surface area contributed by atoms with Crippen LogP contribution in [0.1, 0.15) is 25.7 Å². The molecule has 1 fully saturated rings. The highest BCUT2D eigenvalue weighted by molar-refractivity contribution is 5.40. The molecule has 0 atom stereocenters. The predicted molar refractivity (Wildman–Crippen MR) is 66.6 cm³/mol. The lowest BCUT2D eigenvalue weighted by atomic mass is 10.2. The first kappa shape index (κ1) is 10.9. The average molecular weight is 218 g/mol. The molecular formula is C12H18N4. The van der Waals surface area contributed by atoms with Crippen molar-refractivity contribution in [2.45, 2.75) is 31.7 Å². The lowest BCUT2D eigenvalue weighted by molar-refractivity contribution is 0.744. The molecule has 0 bridgehead atoms. The molecule has 1 aromatic heterocycles. The number of hydrogen-bond donors (Lipinski definition) is 2. The topological polar surface area (TPSA) is 49.8 Å². The average Bonchev–Trinajstić information content (AvgIpc) is 2.80. The van der Waals surface area contributed by atoms with Crippen LogP contribution in [0.5, 0.6) is 0 Å². The maximum atomic E-state index is 4.39. The van der Waals surface area contributed by atoms with Crippen LogP contribution in [-0.2, 0) is 0 Å². The quantitative estimate of drug-likeness (QED) is 0.745. The zero-order chi connectivity index (χ0) is 11.2. The van der Waals surface area contributed by atoms with Crippen molar-refractivity contribution < 1.29 is 0 Å². The third-order valence-corrected chi connectivity index (χ3v) is 2.77. The first-order chi connectivity index (χ1) is 7.88. The van der Waals surface area contributed by atoms with Gasteiger partial charge in [-0.25, -0.2) is 4.98 Å². The van der Waals surface area contributed by atoms with Crippen LogP contribution in [0, 0.1) is 0 Å². The van der Waals surface area contributed by atoms with E-state index >= 15 is 0 Å². The molecule has 86 valence electrons. The predicted octanol–water partition coefficient (Wildman–Crippen LogP) is 2.43. The van der Waals surface area contributed by atoms with E-state index in [1.165, 1.54) is 25.7 Å². The molecule has 1 aliphatic rings. The van der Waals surface area contributed by atoms with Crippen molar-refractivity contribution in [3.05, 3.63) is 24.9 Å². The number of rotatable bonds is 5. The summed E-state index contributed by atoms with van der Waals surface area (Å²) in [5, 5.41) is 6.52. The summed E-state index contributed by atoms with van der Waals surface area (Å²) < 4.78 is 0. The first-order valence-electron chi connectivity index (χ1n) is 5.83. The minimum atomic E-state index is 0.551. The zero-order valence-corrected chi connectivity index (χ0v) is 9.45. The number of nitrogens with one attached hydrogen (secondary N) is 2. The van der Waals surface area contributed by atoms with Gasteiger partial charge in [0.05, 0.1) is 0 Å². The van der Waals surface area contributed by atoms with Crippen LogP contribution in [0.4, 0.5) is 11.8 Å². The molecule has 4 heteroatoms. The molecule has 4 nitrogen and oxygen atoms in total. The molecule has 2 N–H and O–H groups in total. The Morgan fingerprint density at radius 1 is 1.44 bits per heavy atom. The molecule has 1 aromatic rings. The molecule has 0 saturated heterocycles. The number of nitrogens with zero attached hydrogens (tertiary/aromatic N) is 2. The molecule has 0 radical (unpaired) electrons. The minimum Gasteiger partial charge on any atom is -0.366 e. The Hall–Kier alpha value is -1.58. The molecule has 2 rings (SSSR count). The van der Waals surface area contributed by atoms with E-state index in [1.807, 2.05) is 12.1 Å². The van der Waals surface area contributed by atoms with Crippen LogP contribution in [0.25, 0.3) is 0 Å². The van der Waals surface area contributed by atoms with Crippen molar-refractivity contribution in [3.63, 3.8) is 0 Å². The summed E-state index contributed by atoms with van der Waals surface area (Å²) in [5.41, 5.74) is 0. The number of anilines is 2. The summed E-state index contributed by atoms with van der Waals surface area (Å²) in [6.45, 7) is 4.38. The molecular weight excluding hydrogens is 200 g/mol. The smallest absolute Gasteiger partial charge is 0.224 e. The van der Waals surface area contributed by atoms with Crippen LogP contribution in [-0.4, -0.2) is 22.6 Å². The van der Waals surface area contributed by atoms with Gasteiger partial charge < -0.3 is 10.6 Å². The van der Waals surface area contributed by atoms with E-state index in [2.05, 4.69) is 27.2 Å². The Kier molecular flexibility index (Phi) is 3.75. The minimum absolute atomic E-state index is 0.551. The van der Waals surface area contributed by atoms with Crippen LogP contribution in [0.15, 0.2) is 24.9 Å². The van der Waals surface area contributed by atoms with Crippen molar-refractivity contribution in [1.29, 1.82) is 0 Å². The summed E-state index contributed by atoms with van der Waals surface area (Å²) >= 11 is 0. The molecule has 1 heterocycles. The third kappa shape index (κ3) is 2.95. The van der Waals surface area contributed by atoms with E-state index in [4.69, 9.17) is 0 Å². The normalized spacial score (nSPS) is 16.0. The lowest BCUT2D eigenvalue weighted by Crippen LogP contribution is -2.17. The van der Waals surface area contributed by atoms with Crippen molar-refractivity contribution in [1.82, 2.24) is 9.97 Å². The standard InChI is InChI=1S/C12H18N4/c1-2-8-13-11-7-9-14-12(16-11)15-10-5-3-4-6-10/h2,7,9-10H,1,3-6,8H2,(H2,13,14,15,16). The first-order valence-corrected chi connectivity index (χ1v) is 5.83. The Morgan fingerprint density at radius 2 is 2.25 bits per heavy atom. The van der Waals surface area contributed by atoms with Gasteiger partial charge in [0.15, 0.2) is 0 Å². The van der Waals surface area contributed by atoms with Crippen LogP contribution in [0.2, 0.25) is 0 Å². The van der Waals surface area contributed by atoms with E-state index in [0.717, 1.165) is 18.3 Å². The van der Waals surface area contributed by atoms with Crippen molar-refractivity contribution in [3.8, 4) is 0 Å². The van der Waals surface area contributed by atoms with Gasteiger partial charge in [-0.1, -0.05) is 18.9 Å². The summed E-state index contributed by atoms with van der Waals surface area (Å²) in [6.07, 6.45) is 8.67. The molecule has 0 unspecified atom stereocenters. The number of hydrogen-bond acceptors (Lipinski definition) is 4. The Bertz CT molecular complexity index is 345. The Labute approximate surface area is 96.2 Å². The van der Waals surface area contributed by atoms with Crippen LogP contribution in [0.3, 0.4) is 0 Å². The molecule has 0 spiro atoms. The maximum Gasteiger partial charge on any atom is 0.224 e. The zero-order valence-electron chi connectivity index (χ0n) is 9.45. The third-order valence-electron chi connectivity index (χ3n) is 2.77. The van der Waals surface area contributed by atoms with E-state index in [9.17, 15) is 0 Å². The van der Waals surface area contributed by atoms with Gasteiger partial charge in [0.25, 0.3) is 0 Å². The highest BCUT2D eigenvalue weighted by Gasteiger charge is 2.15. The van der Waals surface area contributed by atoms with Crippen molar-refractivity contribution in [2.24, 2.45) is 0 Å². The monoisotopic (exact) mass is 218 g/mol. The van der Waals surface area contributed by atoms with Crippen molar-refractivity contribution >= 4 is 11.8 Å². The molecule has 0 aromatic carbocycles. The van der Waals surface area contributed by atoms with E-state index in [-0.39, 0.29) is 0 Å². The van der Waals surface area contributed by atoms with Gasteiger partial charge in [0.1, 0.15) is 5.82 Å². The van der Waals surface area contributed by atoms with Crippen LogP contribution < -0.4 is 10.6 Å².